The molecule has 2 aliphatic rings. The summed E-state index contributed by atoms with van der Waals surface area (Å²) < 4.78 is 0. The molecule has 0 heterocycles. The van der Waals surface area contributed by atoms with E-state index in [4.69, 9.17) is 5.73 Å². The van der Waals surface area contributed by atoms with E-state index in [2.05, 4.69) is 27.7 Å². The van der Waals surface area contributed by atoms with Crippen LogP contribution in [0.1, 0.15) is 79.1 Å². The van der Waals surface area contributed by atoms with Crippen LogP contribution in [0.15, 0.2) is 0 Å². The summed E-state index contributed by atoms with van der Waals surface area (Å²) >= 11 is 0. The maximum atomic E-state index is 11.6. The number of rotatable bonds is 2. The Morgan fingerprint density at radius 2 is 1.37 bits per heavy atom. The van der Waals surface area contributed by atoms with Crippen LogP contribution in [0.4, 0.5) is 0 Å². The van der Waals surface area contributed by atoms with Crippen molar-refractivity contribution in [3.05, 3.63) is 0 Å². The molecule has 3 N–H and O–H groups in total. The molecule has 112 valence electrons. The fraction of sp³-hybridized carbons (Fsp3) is 1.00. The molecule has 0 aliphatic heterocycles. The molecule has 19 heavy (non-hydrogen) atoms. The van der Waals surface area contributed by atoms with E-state index in [-0.39, 0.29) is 10.8 Å². The number of hydrogen-bond donors (Lipinski definition) is 2. The molecule has 2 saturated carbocycles. The van der Waals surface area contributed by atoms with Gasteiger partial charge in [-0.1, -0.05) is 40.5 Å². The third-order valence-corrected chi connectivity index (χ3v) is 6.54. The summed E-state index contributed by atoms with van der Waals surface area (Å²) in [4.78, 5) is 0. The van der Waals surface area contributed by atoms with Crippen LogP contribution in [0.3, 0.4) is 0 Å². The fourth-order valence-electron chi connectivity index (χ4n) is 4.67. The lowest BCUT2D eigenvalue weighted by atomic mass is 9.48. The molecule has 2 fully saturated rings. The van der Waals surface area contributed by atoms with Gasteiger partial charge < -0.3 is 10.8 Å². The summed E-state index contributed by atoms with van der Waals surface area (Å²) in [5.41, 5.74) is 6.02. The zero-order valence-electron chi connectivity index (χ0n) is 13.4. The van der Waals surface area contributed by atoms with Crippen molar-refractivity contribution in [2.24, 2.45) is 22.0 Å². The average Bonchev–Trinajstić information content (AvgIpc) is 2.33. The zero-order chi connectivity index (χ0) is 14.4. The lowest BCUT2D eigenvalue weighted by Gasteiger charge is -2.60. The molecule has 0 aromatic heterocycles. The van der Waals surface area contributed by atoms with Gasteiger partial charge in [0.2, 0.25) is 0 Å². The Labute approximate surface area is 119 Å². The monoisotopic (exact) mass is 267 g/mol. The lowest BCUT2D eigenvalue weighted by Crippen LogP contribution is -2.63. The highest BCUT2D eigenvalue weighted by atomic mass is 16.3. The van der Waals surface area contributed by atoms with Crippen molar-refractivity contribution in [1.29, 1.82) is 0 Å². The minimum absolute atomic E-state index is 0.00605. The Hall–Kier alpha value is -0.0800. The zero-order valence-corrected chi connectivity index (χ0v) is 13.4. The summed E-state index contributed by atoms with van der Waals surface area (Å²) in [5, 5.41) is 11.6. The van der Waals surface area contributed by atoms with Crippen molar-refractivity contribution in [3.63, 3.8) is 0 Å². The largest absolute Gasteiger partial charge is 0.389 e. The first kappa shape index (κ1) is 15.3. The Kier molecular flexibility index (Phi) is 3.81. The third kappa shape index (κ3) is 2.35. The average molecular weight is 267 g/mol. The van der Waals surface area contributed by atoms with Crippen molar-refractivity contribution in [3.8, 4) is 0 Å². The molecule has 2 nitrogen and oxygen atoms in total. The Morgan fingerprint density at radius 3 is 1.84 bits per heavy atom. The summed E-state index contributed by atoms with van der Waals surface area (Å²) in [6, 6.07) is 0. The minimum atomic E-state index is -0.566. The second kappa shape index (κ2) is 4.73. The molecule has 2 rings (SSSR count). The maximum absolute atomic E-state index is 11.6. The summed E-state index contributed by atoms with van der Waals surface area (Å²) in [6.45, 7) is 9.85. The highest BCUT2D eigenvalue weighted by Gasteiger charge is 2.59. The van der Waals surface area contributed by atoms with E-state index >= 15 is 0 Å². The molecule has 2 aliphatic carbocycles. The quantitative estimate of drug-likeness (QED) is 0.798. The molecular weight excluding hydrogens is 234 g/mol. The van der Waals surface area contributed by atoms with Gasteiger partial charge in [-0.2, -0.15) is 0 Å². The van der Waals surface area contributed by atoms with Gasteiger partial charge >= 0.3 is 0 Å². The van der Waals surface area contributed by atoms with Crippen LogP contribution in [0.5, 0.6) is 0 Å². The van der Waals surface area contributed by atoms with Gasteiger partial charge in [-0.25, -0.2) is 0 Å². The van der Waals surface area contributed by atoms with Crippen LogP contribution >= 0.6 is 0 Å². The van der Waals surface area contributed by atoms with E-state index in [9.17, 15) is 5.11 Å². The van der Waals surface area contributed by atoms with Crippen LogP contribution in [0.25, 0.3) is 0 Å². The van der Waals surface area contributed by atoms with Gasteiger partial charge in [0.1, 0.15) is 0 Å². The van der Waals surface area contributed by atoms with Gasteiger partial charge in [-0.3, -0.25) is 0 Å². The van der Waals surface area contributed by atoms with E-state index in [0.717, 1.165) is 32.1 Å². The van der Waals surface area contributed by atoms with Gasteiger partial charge in [0.05, 0.1) is 5.60 Å². The standard InChI is InChI=1S/C17H33NO/c1-14(2)9-11-16(13-18,12-10-14)17(19)8-6-5-7-15(17,3)4/h19H,5-13,18H2,1-4H3. The molecule has 0 aromatic rings. The van der Waals surface area contributed by atoms with E-state index < -0.39 is 5.60 Å². The van der Waals surface area contributed by atoms with Crippen LogP contribution < -0.4 is 5.73 Å². The second-order valence-corrected chi connectivity index (χ2v) is 8.60. The summed E-state index contributed by atoms with van der Waals surface area (Å²) in [7, 11) is 0. The van der Waals surface area contributed by atoms with Gasteiger partial charge in [0.25, 0.3) is 0 Å². The topological polar surface area (TPSA) is 46.2 Å². The van der Waals surface area contributed by atoms with E-state index in [0.29, 0.717) is 12.0 Å². The van der Waals surface area contributed by atoms with Crippen LogP contribution in [-0.4, -0.2) is 17.3 Å². The van der Waals surface area contributed by atoms with Crippen molar-refractivity contribution < 1.29 is 5.11 Å². The number of nitrogens with two attached hydrogens (primary N) is 1. The summed E-state index contributed by atoms with van der Waals surface area (Å²) in [5.74, 6) is 0. The predicted octanol–water partition coefficient (Wildman–Crippen LogP) is 3.86. The molecule has 0 saturated heterocycles. The molecular formula is C17H33NO. The van der Waals surface area contributed by atoms with E-state index in [1.165, 1.54) is 19.3 Å². The van der Waals surface area contributed by atoms with E-state index in [1.807, 2.05) is 0 Å². The molecule has 0 bridgehead atoms. The highest BCUT2D eigenvalue weighted by molar-refractivity contribution is 5.10. The van der Waals surface area contributed by atoms with Crippen molar-refractivity contribution in [2.45, 2.75) is 84.7 Å². The number of aliphatic hydroxyl groups is 1. The molecule has 0 amide bonds. The normalized spacial score (nSPS) is 36.9. The Balaban J connectivity index is 2.30. The Morgan fingerprint density at radius 1 is 0.842 bits per heavy atom. The molecule has 0 aromatic carbocycles. The van der Waals surface area contributed by atoms with Crippen LogP contribution in [0.2, 0.25) is 0 Å². The van der Waals surface area contributed by atoms with Gasteiger partial charge in [-0.05, 0) is 49.4 Å². The fourth-order valence-corrected chi connectivity index (χ4v) is 4.67. The van der Waals surface area contributed by atoms with Gasteiger partial charge in [0.15, 0.2) is 0 Å². The third-order valence-electron chi connectivity index (χ3n) is 6.54. The summed E-state index contributed by atoms with van der Waals surface area (Å²) in [6.07, 6.45) is 9.07. The van der Waals surface area contributed by atoms with E-state index in [1.54, 1.807) is 0 Å². The minimum Gasteiger partial charge on any atom is -0.389 e. The Bertz CT molecular complexity index is 324. The van der Waals surface area contributed by atoms with Crippen molar-refractivity contribution in [1.82, 2.24) is 0 Å². The molecule has 1 atom stereocenters. The maximum Gasteiger partial charge on any atom is 0.0766 e. The highest BCUT2D eigenvalue weighted by Crippen LogP contribution is 2.59. The second-order valence-electron chi connectivity index (χ2n) is 8.60. The van der Waals surface area contributed by atoms with Crippen LogP contribution in [0, 0.1) is 16.2 Å². The SMILES string of the molecule is CC1(C)CCC(CN)(C2(O)CCCCC2(C)C)CC1. The molecule has 0 radical (unpaired) electrons. The van der Waals surface area contributed by atoms with Gasteiger partial charge in [-0.15, -0.1) is 0 Å². The van der Waals surface area contributed by atoms with Crippen molar-refractivity contribution >= 4 is 0 Å². The van der Waals surface area contributed by atoms with Gasteiger partial charge in [0, 0.05) is 12.0 Å². The first-order valence-electron chi connectivity index (χ1n) is 8.11. The smallest absolute Gasteiger partial charge is 0.0766 e. The molecule has 0 spiro atoms. The first-order chi connectivity index (χ1) is 8.68. The molecule has 2 heteroatoms. The number of hydrogen-bond acceptors (Lipinski definition) is 2. The first-order valence-corrected chi connectivity index (χ1v) is 8.11. The lowest BCUT2D eigenvalue weighted by molar-refractivity contribution is -0.198. The van der Waals surface area contributed by atoms with Crippen LogP contribution in [-0.2, 0) is 0 Å². The van der Waals surface area contributed by atoms with Crippen molar-refractivity contribution in [2.75, 3.05) is 6.54 Å². The predicted molar refractivity (Wildman–Crippen MR) is 80.9 cm³/mol. The molecule has 1 unspecified atom stereocenters.